The lowest BCUT2D eigenvalue weighted by atomic mass is 9.79. The van der Waals surface area contributed by atoms with Crippen LogP contribution in [-0.2, 0) is 5.60 Å². The van der Waals surface area contributed by atoms with Crippen molar-refractivity contribution >= 4 is 0 Å². The van der Waals surface area contributed by atoms with Gasteiger partial charge in [0.1, 0.15) is 5.60 Å². The molecule has 0 heterocycles. The first-order valence-electron chi connectivity index (χ1n) is 8.06. The highest BCUT2D eigenvalue weighted by molar-refractivity contribution is 5.27. The fraction of sp³-hybridized carbons (Fsp3) is 0.579. The Morgan fingerprint density at radius 3 is 2.30 bits per heavy atom. The standard InChI is InChI=1S/C19H30O/c1-4-6-7-8-9-11-14-17(3)19(20,5-2)18-15-12-10-13-16-18/h5,10,12-13,15-17,20H,2,4,6-9,11,14H2,1,3H3. The van der Waals surface area contributed by atoms with Gasteiger partial charge in [-0.2, -0.15) is 0 Å². The lowest BCUT2D eigenvalue weighted by Crippen LogP contribution is -2.31. The van der Waals surface area contributed by atoms with Crippen molar-refractivity contribution < 1.29 is 5.11 Å². The third kappa shape index (κ3) is 4.79. The van der Waals surface area contributed by atoms with Crippen LogP contribution < -0.4 is 0 Å². The van der Waals surface area contributed by atoms with Crippen molar-refractivity contribution in [3.8, 4) is 0 Å². The van der Waals surface area contributed by atoms with Crippen LogP contribution in [0.25, 0.3) is 0 Å². The van der Waals surface area contributed by atoms with Gasteiger partial charge >= 0.3 is 0 Å². The van der Waals surface area contributed by atoms with Gasteiger partial charge in [-0.3, -0.25) is 0 Å². The number of hydrogen-bond donors (Lipinski definition) is 1. The normalized spacial score (nSPS) is 15.6. The second-order valence-corrected chi connectivity index (χ2v) is 5.85. The molecule has 1 rings (SSSR count). The summed E-state index contributed by atoms with van der Waals surface area (Å²) in [6.07, 6.45) is 10.5. The monoisotopic (exact) mass is 274 g/mol. The van der Waals surface area contributed by atoms with Crippen LogP contribution in [0.2, 0.25) is 0 Å². The van der Waals surface area contributed by atoms with Gasteiger partial charge in [0, 0.05) is 0 Å². The molecule has 1 aromatic rings. The summed E-state index contributed by atoms with van der Waals surface area (Å²) in [7, 11) is 0. The molecule has 0 fully saturated rings. The first-order chi connectivity index (χ1) is 9.65. The van der Waals surface area contributed by atoms with Gasteiger partial charge in [0.25, 0.3) is 0 Å². The number of aliphatic hydroxyl groups is 1. The second kappa shape index (κ2) is 8.97. The van der Waals surface area contributed by atoms with Gasteiger partial charge in [-0.05, 0) is 17.9 Å². The molecule has 1 aromatic carbocycles. The van der Waals surface area contributed by atoms with E-state index in [4.69, 9.17) is 0 Å². The number of rotatable bonds is 10. The summed E-state index contributed by atoms with van der Waals surface area (Å²) in [6, 6.07) is 9.90. The van der Waals surface area contributed by atoms with Crippen molar-refractivity contribution in [2.24, 2.45) is 5.92 Å². The fourth-order valence-electron chi connectivity index (χ4n) is 2.76. The van der Waals surface area contributed by atoms with Crippen molar-refractivity contribution in [1.82, 2.24) is 0 Å². The molecule has 20 heavy (non-hydrogen) atoms. The van der Waals surface area contributed by atoms with Crippen molar-refractivity contribution in [3.63, 3.8) is 0 Å². The first kappa shape index (κ1) is 17.0. The van der Waals surface area contributed by atoms with Gasteiger partial charge < -0.3 is 5.11 Å². The minimum atomic E-state index is -0.898. The highest BCUT2D eigenvalue weighted by Crippen LogP contribution is 2.34. The molecule has 0 amide bonds. The SMILES string of the molecule is C=CC(O)(c1ccccc1)C(C)CCCCCCCC. The molecule has 2 unspecified atom stereocenters. The highest BCUT2D eigenvalue weighted by atomic mass is 16.3. The quantitative estimate of drug-likeness (QED) is 0.444. The van der Waals surface area contributed by atoms with E-state index in [0.717, 1.165) is 12.0 Å². The summed E-state index contributed by atoms with van der Waals surface area (Å²) in [5, 5.41) is 10.9. The summed E-state index contributed by atoms with van der Waals surface area (Å²) in [6.45, 7) is 8.22. The van der Waals surface area contributed by atoms with Crippen LogP contribution in [0.4, 0.5) is 0 Å². The van der Waals surface area contributed by atoms with Crippen molar-refractivity contribution in [3.05, 3.63) is 48.6 Å². The zero-order chi connectivity index (χ0) is 14.8. The summed E-state index contributed by atoms with van der Waals surface area (Å²) in [4.78, 5) is 0. The largest absolute Gasteiger partial charge is 0.381 e. The zero-order valence-electron chi connectivity index (χ0n) is 13.1. The van der Waals surface area contributed by atoms with Crippen LogP contribution in [0.1, 0.15) is 64.4 Å². The molecule has 0 saturated heterocycles. The van der Waals surface area contributed by atoms with E-state index in [1.54, 1.807) is 6.08 Å². The van der Waals surface area contributed by atoms with Crippen LogP contribution in [0.5, 0.6) is 0 Å². The van der Waals surface area contributed by atoms with E-state index in [-0.39, 0.29) is 5.92 Å². The van der Waals surface area contributed by atoms with Gasteiger partial charge in [0.05, 0.1) is 0 Å². The van der Waals surface area contributed by atoms with Crippen LogP contribution in [-0.4, -0.2) is 5.11 Å². The third-order valence-electron chi connectivity index (χ3n) is 4.29. The van der Waals surface area contributed by atoms with Gasteiger partial charge in [-0.15, -0.1) is 0 Å². The summed E-state index contributed by atoms with van der Waals surface area (Å²) in [5.74, 6) is 0.202. The Hall–Kier alpha value is -1.08. The zero-order valence-corrected chi connectivity index (χ0v) is 13.1. The highest BCUT2D eigenvalue weighted by Gasteiger charge is 2.31. The Balaban J connectivity index is 2.47. The molecule has 0 saturated carbocycles. The van der Waals surface area contributed by atoms with Crippen molar-refractivity contribution in [2.45, 2.75) is 64.4 Å². The molecule has 1 nitrogen and oxygen atoms in total. The molecule has 0 aromatic heterocycles. The molecule has 2 atom stereocenters. The lowest BCUT2D eigenvalue weighted by molar-refractivity contribution is 0.0273. The van der Waals surface area contributed by atoms with E-state index in [9.17, 15) is 5.11 Å². The minimum Gasteiger partial charge on any atom is -0.381 e. The molecule has 1 heteroatoms. The van der Waals surface area contributed by atoms with E-state index < -0.39 is 5.60 Å². The summed E-state index contributed by atoms with van der Waals surface area (Å²) < 4.78 is 0. The van der Waals surface area contributed by atoms with E-state index in [0.29, 0.717) is 0 Å². The predicted molar refractivity (Wildman–Crippen MR) is 87.7 cm³/mol. The maximum Gasteiger partial charge on any atom is 0.110 e. The fourth-order valence-corrected chi connectivity index (χ4v) is 2.76. The molecule has 0 aliphatic rings. The van der Waals surface area contributed by atoms with Crippen LogP contribution in [0, 0.1) is 5.92 Å². The molecular formula is C19H30O. The Morgan fingerprint density at radius 2 is 1.70 bits per heavy atom. The molecule has 0 aliphatic carbocycles. The predicted octanol–water partition coefficient (Wildman–Crippen LogP) is 5.45. The first-order valence-corrected chi connectivity index (χ1v) is 8.06. The number of benzene rings is 1. The van der Waals surface area contributed by atoms with E-state index in [1.165, 1.54) is 38.5 Å². The van der Waals surface area contributed by atoms with Crippen LogP contribution in [0.15, 0.2) is 43.0 Å². The van der Waals surface area contributed by atoms with E-state index in [1.807, 2.05) is 30.3 Å². The topological polar surface area (TPSA) is 20.2 Å². The Morgan fingerprint density at radius 1 is 1.10 bits per heavy atom. The molecular weight excluding hydrogens is 244 g/mol. The van der Waals surface area contributed by atoms with E-state index >= 15 is 0 Å². The summed E-state index contributed by atoms with van der Waals surface area (Å²) >= 11 is 0. The van der Waals surface area contributed by atoms with Crippen molar-refractivity contribution in [2.75, 3.05) is 0 Å². The number of hydrogen-bond acceptors (Lipinski definition) is 1. The van der Waals surface area contributed by atoms with E-state index in [2.05, 4.69) is 20.4 Å². The van der Waals surface area contributed by atoms with Gasteiger partial charge in [0.2, 0.25) is 0 Å². The lowest BCUT2D eigenvalue weighted by Gasteiger charge is -2.32. The molecule has 0 bridgehead atoms. The number of unbranched alkanes of at least 4 members (excludes halogenated alkanes) is 5. The third-order valence-corrected chi connectivity index (χ3v) is 4.29. The Kier molecular flexibility index (Phi) is 7.61. The molecule has 0 aliphatic heterocycles. The van der Waals surface area contributed by atoms with Crippen LogP contribution >= 0.6 is 0 Å². The average molecular weight is 274 g/mol. The Labute approximate surface area is 124 Å². The average Bonchev–Trinajstić information content (AvgIpc) is 2.50. The second-order valence-electron chi connectivity index (χ2n) is 5.85. The summed E-state index contributed by atoms with van der Waals surface area (Å²) in [5.41, 5.74) is 0.0542. The smallest absolute Gasteiger partial charge is 0.110 e. The van der Waals surface area contributed by atoms with Gasteiger partial charge in [-0.1, -0.05) is 95.4 Å². The molecule has 0 spiro atoms. The maximum atomic E-state index is 10.9. The minimum absolute atomic E-state index is 0.202. The molecule has 0 radical (unpaired) electrons. The Bertz CT molecular complexity index is 371. The molecule has 112 valence electrons. The molecule has 1 N–H and O–H groups in total. The van der Waals surface area contributed by atoms with Crippen molar-refractivity contribution in [1.29, 1.82) is 0 Å². The van der Waals surface area contributed by atoms with Gasteiger partial charge in [-0.25, -0.2) is 0 Å². The van der Waals surface area contributed by atoms with Crippen LogP contribution in [0.3, 0.4) is 0 Å². The maximum absolute atomic E-state index is 10.9. The van der Waals surface area contributed by atoms with Gasteiger partial charge in [0.15, 0.2) is 0 Å².